The van der Waals surface area contributed by atoms with Gasteiger partial charge in [0.2, 0.25) is 18.7 Å². The quantitative estimate of drug-likeness (QED) is 0.586. The van der Waals surface area contributed by atoms with Crippen molar-refractivity contribution in [2.24, 2.45) is 0 Å². The minimum absolute atomic E-state index is 0.113. The Morgan fingerprint density at radius 3 is 2.53 bits per heavy atom. The summed E-state index contributed by atoms with van der Waals surface area (Å²) in [6.45, 7) is 4.69. The first-order chi connectivity index (χ1) is 15.6. The van der Waals surface area contributed by atoms with E-state index < -0.39 is 6.86 Å². The fourth-order valence-corrected chi connectivity index (χ4v) is 3.72. The highest BCUT2D eigenvalue weighted by molar-refractivity contribution is 5.72. The molecule has 0 aliphatic carbocycles. The third-order valence-electron chi connectivity index (χ3n) is 5.06. The van der Waals surface area contributed by atoms with Crippen LogP contribution in [0, 0.1) is 0 Å². The number of anilines is 3. The lowest BCUT2D eigenvalue weighted by atomic mass is 10.1. The SMILES string of the molecule is COc1ncc(-c2ccc(OCF)cc2)cc1Nc1ccnc(N2C[C@@H](C)O[C@@H](C)C2)n1. The van der Waals surface area contributed by atoms with Gasteiger partial charge in [-0.05, 0) is 43.7 Å². The summed E-state index contributed by atoms with van der Waals surface area (Å²) in [4.78, 5) is 15.7. The number of morpholine rings is 1. The zero-order valence-electron chi connectivity index (χ0n) is 18.3. The van der Waals surface area contributed by atoms with Crippen LogP contribution in [-0.2, 0) is 4.74 Å². The third kappa shape index (κ3) is 5.05. The lowest BCUT2D eigenvalue weighted by molar-refractivity contribution is -0.00571. The smallest absolute Gasteiger partial charge is 0.237 e. The summed E-state index contributed by atoms with van der Waals surface area (Å²) in [5, 5.41) is 3.30. The number of hydrogen-bond acceptors (Lipinski definition) is 8. The maximum absolute atomic E-state index is 12.4. The molecule has 8 nitrogen and oxygen atoms in total. The van der Waals surface area contributed by atoms with Crippen LogP contribution >= 0.6 is 0 Å². The van der Waals surface area contributed by atoms with Crippen molar-refractivity contribution >= 4 is 17.5 Å². The number of ether oxygens (including phenoxy) is 3. The van der Waals surface area contributed by atoms with E-state index in [1.54, 1.807) is 37.7 Å². The van der Waals surface area contributed by atoms with Gasteiger partial charge in [0, 0.05) is 31.0 Å². The zero-order valence-corrected chi connectivity index (χ0v) is 18.3. The van der Waals surface area contributed by atoms with E-state index in [-0.39, 0.29) is 12.2 Å². The predicted molar refractivity (Wildman–Crippen MR) is 120 cm³/mol. The molecule has 168 valence electrons. The standard InChI is InChI=1S/C23H26FN5O3/c1-15-12-29(13-16(2)32-15)23-25-9-8-21(28-23)27-20-10-18(11-26-22(20)30-3)17-4-6-19(7-5-17)31-14-24/h4-11,15-16H,12-14H2,1-3H3,(H,25,27,28)/t15-,16+. The van der Waals surface area contributed by atoms with Gasteiger partial charge in [0.25, 0.3) is 0 Å². The lowest BCUT2D eigenvalue weighted by Gasteiger charge is -2.35. The molecular weight excluding hydrogens is 413 g/mol. The maximum atomic E-state index is 12.4. The number of nitrogens with zero attached hydrogens (tertiary/aromatic N) is 4. The van der Waals surface area contributed by atoms with Gasteiger partial charge < -0.3 is 24.4 Å². The number of methoxy groups -OCH3 is 1. The predicted octanol–water partition coefficient (Wildman–Crippen LogP) is 4.21. The molecule has 0 spiro atoms. The van der Waals surface area contributed by atoms with Crippen molar-refractivity contribution in [3.05, 3.63) is 48.8 Å². The van der Waals surface area contributed by atoms with Gasteiger partial charge in [-0.1, -0.05) is 12.1 Å². The highest BCUT2D eigenvalue weighted by Gasteiger charge is 2.24. The largest absolute Gasteiger partial charge is 0.480 e. The molecule has 1 aromatic carbocycles. The van der Waals surface area contributed by atoms with Gasteiger partial charge in [-0.25, -0.2) is 14.4 Å². The molecule has 2 aromatic heterocycles. The van der Waals surface area contributed by atoms with Crippen molar-refractivity contribution in [2.45, 2.75) is 26.1 Å². The Bertz CT molecular complexity index is 1040. The first-order valence-electron chi connectivity index (χ1n) is 10.4. The Labute approximate surface area is 186 Å². The fraction of sp³-hybridized carbons (Fsp3) is 0.348. The van der Waals surface area contributed by atoms with Gasteiger partial charge in [-0.15, -0.1) is 0 Å². The van der Waals surface area contributed by atoms with Gasteiger partial charge in [-0.2, -0.15) is 4.98 Å². The van der Waals surface area contributed by atoms with Crippen molar-refractivity contribution < 1.29 is 18.6 Å². The van der Waals surface area contributed by atoms with Crippen LogP contribution in [0.3, 0.4) is 0 Å². The van der Waals surface area contributed by atoms with Gasteiger partial charge in [0.15, 0.2) is 0 Å². The average molecular weight is 439 g/mol. The Kier molecular flexibility index (Phi) is 6.65. The van der Waals surface area contributed by atoms with Crippen molar-refractivity contribution in [2.75, 3.05) is 37.3 Å². The van der Waals surface area contributed by atoms with Crippen LogP contribution in [0.1, 0.15) is 13.8 Å². The van der Waals surface area contributed by atoms with Gasteiger partial charge >= 0.3 is 0 Å². The van der Waals surface area contributed by atoms with E-state index in [2.05, 4.69) is 25.2 Å². The summed E-state index contributed by atoms with van der Waals surface area (Å²) >= 11 is 0. The summed E-state index contributed by atoms with van der Waals surface area (Å²) in [5.74, 6) is 2.19. The number of halogens is 1. The average Bonchev–Trinajstić information content (AvgIpc) is 2.79. The van der Waals surface area contributed by atoms with E-state index in [9.17, 15) is 4.39 Å². The fourth-order valence-electron chi connectivity index (χ4n) is 3.72. The molecule has 1 aliphatic heterocycles. The molecule has 4 rings (SSSR count). The van der Waals surface area contributed by atoms with Gasteiger partial charge in [0.1, 0.15) is 17.3 Å². The van der Waals surface area contributed by atoms with Crippen molar-refractivity contribution in [3.63, 3.8) is 0 Å². The van der Waals surface area contributed by atoms with Crippen molar-refractivity contribution in [1.82, 2.24) is 15.0 Å². The van der Waals surface area contributed by atoms with E-state index >= 15 is 0 Å². The van der Waals surface area contributed by atoms with E-state index in [1.165, 1.54) is 0 Å². The lowest BCUT2D eigenvalue weighted by Crippen LogP contribution is -2.46. The normalized spacial score (nSPS) is 18.3. The van der Waals surface area contributed by atoms with Gasteiger partial charge in [-0.3, -0.25) is 0 Å². The van der Waals surface area contributed by atoms with E-state index in [0.29, 0.717) is 29.1 Å². The monoisotopic (exact) mass is 439 g/mol. The van der Waals surface area contributed by atoms with Gasteiger partial charge in [0.05, 0.1) is 19.3 Å². The molecule has 0 unspecified atom stereocenters. The number of nitrogens with one attached hydrogen (secondary N) is 1. The molecule has 0 radical (unpaired) electrons. The first-order valence-corrected chi connectivity index (χ1v) is 10.4. The van der Waals surface area contributed by atoms with Crippen LogP contribution in [0.2, 0.25) is 0 Å². The van der Waals surface area contributed by atoms with Crippen LogP contribution in [-0.4, -0.2) is 54.2 Å². The maximum Gasteiger partial charge on any atom is 0.237 e. The third-order valence-corrected chi connectivity index (χ3v) is 5.06. The molecule has 3 aromatic rings. The Morgan fingerprint density at radius 1 is 1.09 bits per heavy atom. The molecule has 1 N–H and O–H groups in total. The number of benzene rings is 1. The highest BCUT2D eigenvalue weighted by Crippen LogP contribution is 2.31. The number of rotatable bonds is 7. The van der Waals surface area contributed by atoms with E-state index in [0.717, 1.165) is 24.2 Å². The second-order valence-electron chi connectivity index (χ2n) is 7.59. The second kappa shape index (κ2) is 9.78. The van der Waals surface area contributed by atoms with Crippen LogP contribution in [0.25, 0.3) is 11.1 Å². The minimum Gasteiger partial charge on any atom is -0.480 e. The van der Waals surface area contributed by atoms with E-state index in [1.807, 2.05) is 32.0 Å². The molecule has 0 saturated carbocycles. The Morgan fingerprint density at radius 2 is 1.84 bits per heavy atom. The molecule has 9 heteroatoms. The summed E-state index contributed by atoms with van der Waals surface area (Å²) in [5.41, 5.74) is 2.45. The van der Waals surface area contributed by atoms with Crippen LogP contribution in [0.5, 0.6) is 11.6 Å². The molecule has 32 heavy (non-hydrogen) atoms. The second-order valence-corrected chi connectivity index (χ2v) is 7.59. The molecule has 1 aliphatic rings. The number of alkyl halides is 1. The van der Waals surface area contributed by atoms with E-state index in [4.69, 9.17) is 14.2 Å². The molecule has 2 atom stereocenters. The summed E-state index contributed by atoms with van der Waals surface area (Å²) in [6.07, 6.45) is 3.67. The molecule has 0 bridgehead atoms. The number of pyridine rings is 1. The highest BCUT2D eigenvalue weighted by atomic mass is 19.1. The molecule has 0 amide bonds. The zero-order chi connectivity index (χ0) is 22.5. The number of aromatic nitrogens is 3. The molecular formula is C23H26FN5O3. The van der Waals surface area contributed by atoms with Crippen LogP contribution < -0.4 is 19.7 Å². The Balaban J connectivity index is 1.58. The number of hydrogen-bond donors (Lipinski definition) is 1. The van der Waals surface area contributed by atoms with Crippen LogP contribution in [0.4, 0.5) is 21.8 Å². The van der Waals surface area contributed by atoms with Crippen molar-refractivity contribution in [3.8, 4) is 22.8 Å². The topological polar surface area (TPSA) is 81.6 Å². The molecule has 3 heterocycles. The summed E-state index contributed by atoms with van der Waals surface area (Å²) < 4.78 is 28.5. The van der Waals surface area contributed by atoms with Crippen LogP contribution in [0.15, 0.2) is 48.8 Å². The Hall–Kier alpha value is -3.46. The summed E-state index contributed by atoms with van der Waals surface area (Å²) in [6, 6.07) is 10.9. The first kappa shape index (κ1) is 21.8. The molecule has 1 saturated heterocycles. The molecule has 1 fully saturated rings. The summed E-state index contributed by atoms with van der Waals surface area (Å²) in [7, 11) is 1.57. The minimum atomic E-state index is -0.860. The van der Waals surface area contributed by atoms with Crippen molar-refractivity contribution in [1.29, 1.82) is 0 Å².